The topological polar surface area (TPSA) is 0 Å². The summed E-state index contributed by atoms with van der Waals surface area (Å²) in [5.74, 6) is 0. The van der Waals surface area contributed by atoms with Gasteiger partial charge in [0, 0.05) is 9.75 Å². The monoisotopic (exact) mass is 326 g/mol. The number of rotatable bonds is 7. The second-order valence-electron chi connectivity index (χ2n) is 5.64. The summed E-state index contributed by atoms with van der Waals surface area (Å²) in [6, 6.07) is 15.7. The van der Waals surface area contributed by atoms with E-state index in [0.29, 0.717) is 0 Å². The summed E-state index contributed by atoms with van der Waals surface area (Å²) in [6.07, 6.45) is 6.54. The van der Waals surface area contributed by atoms with Gasteiger partial charge in [0.15, 0.2) is 0 Å². The van der Waals surface area contributed by atoms with Crippen LogP contribution in [0.15, 0.2) is 53.2 Å². The lowest BCUT2D eigenvalue weighted by atomic mass is 10.0. The first-order valence-corrected chi connectivity index (χ1v) is 9.85. The van der Waals surface area contributed by atoms with Gasteiger partial charge in [-0.2, -0.15) is 0 Å². The molecule has 0 spiro atoms. The summed E-state index contributed by atoms with van der Waals surface area (Å²) in [5.41, 5.74) is 4.20. The molecule has 0 aliphatic heterocycles. The molecule has 0 radical (unpaired) electrons. The fourth-order valence-corrected chi connectivity index (χ4v) is 4.45. The van der Waals surface area contributed by atoms with Crippen LogP contribution in [0.2, 0.25) is 0 Å². The van der Waals surface area contributed by atoms with Gasteiger partial charge in [-0.15, -0.1) is 22.7 Å². The maximum Gasteiger partial charge on any atom is 0.0374 e. The van der Waals surface area contributed by atoms with Crippen molar-refractivity contribution in [2.45, 2.75) is 39.0 Å². The first kappa shape index (κ1) is 15.5. The average molecular weight is 327 g/mol. The first-order chi connectivity index (χ1) is 10.9. The molecule has 0 saturated carbocycles. The second-order valence-corrected chi connectivity index (χ2v) is 7.50. The van der Waals surface area contributed by atoms with Gasteiger partial charge < -0.3 is 0 Å². The zero-order valence-corrected chi connectivity index (χ0v) is 14.7. The number of benzene rings is 1. The molecule has 3 aromatic rings. The number of hydrogen-bond donors (Lipinski definition) is 0. The molecule has 114 valence electrons. The van der Waals surface area contributed by atoms with Crippen LogP contribution in [0, 0.1) is 0 Å². The summed E-state index contributed by atoms with van der Waals surface area (Å²) >= 11 is 3.67. The number of hydrogen-bond acceptors (Lipinski definition) is 2. The minimum atomic E-state index is 1.21. The van der Waals surface area contributed by atoms with E-state index in [-0.39, 0.29) is 0 Å². The van der Waals surface area contributed by atoms with Crippen LogP contribution < -0.4 is 0 Å². The van der Waals surface area contributed by atoms with Crippen molar-refractivity contribution in [3.05, 3.63) is 58.8 Å². The van der Waals surface area contributed by atoms with Gasteiger partial charge in [-0.25, -0.2) is 0 Å². The van der Waals surface area contributed by atoms with Gasteiger partial charge in [-0.05, 0) is 52.4 Å². The van der Waals surface area contributed by atoms with Crippen LogP contribution >= 0.6 is 22.7 Å². The largest absolute Gasteiger partial charge is 0.144 e. The van der Waals surface area contributed by atoms with Crippen LogP contribution in [0.1, 0.15) is 38.2 Å². The number of thiophene rings is 2. The lowest BCUT2D eigenvalue weighted by Crippen LogP contribution is -1.86. The Morgan fingerprint density at radius 3 is 2.32 bits per heavy atom. The van der Waals surface area contributed by atoms with Crippen molar-refractivity contribution in [1.82, 2.24) is 0 Å². The van der Waals surface area contributed by atoms with E-state index in [1.165, 1.54) is 58.5 Å². The van der Waals surface area contributed by atoms with Crippen LogP contribution in [-0.4, -0.2) is 0 Å². The van der Waals surface area contributed by atoms with Crippen molar-refractivity contribution in [2.75, 3.05) is 0 Å². The fourth-order valence-electron chi connectivity index (χ4n) is 2.76. The molecule has 0 aliphatic carbocycles. The van der Waals surface area contributed by atoms with E-state index < -0.39 is 0 Å². The molecule has 0 N–H and O–H groups in total. The van der Waals surface area contributed by atoms with E-state index >= 15 is 0 Å². The maximum absolute atomic E-state index is 2.30. The molecule has 2 heteroatoms. The lowest BCUT2D eigenvalue weighted by Gasteiger charge is -2.05. The van der Waals surface area contributed by atoms with Crippen LogP contribution in [0.5, 0.6) is 0 Å². The Bertz CT molecular complexity index is 675. The van der Waals surface area contributed by atoms with E-state index in [4.69, 9.17) is 0 Å². The number of unbranched alkanes of at least 4 members (excludes halogenated alkanes) is 3. The van der Waals surface area contributed by atoms with E-state index in [0.717, 1.165) is 0 Å². The van der Waals surface area contributed by atoms with Gasteiger partial charge in [0.2, 0.25) is 0 Å². The standard InChI is InChI=1S/C20H22S2/c1-2-3-4-5-7-17-13-15-22-20(17)18-11-9-16(10-12-18)19-8-6-14-21-19/h6,8-15H,2-5,7H2,1H3. The van der Waals surface area contributed by atoms with E-state index in [1.54, 1.807) is 11.3 Å². The predicted octanol–water partition coefficient (Wildman–Crippen LogP) is 7.27. The van der Waals surface area contributed by atoms with E-state index in [2.05, 4.69) is 60.1 Å². The Balaban J connectivity index is 1.73. The van der Waals surface area contributed by atoms with Crippen LogP contribution in [0.4, 0.5) is 0 Å². The average Bonchev–Trinajstić information content (AvgIpc) is 3.23. The second kappa shape index (κ2) is 7.75. The van der Waals surface area contributed by atoms with Gasteiger partial charge in [-0.1, -0.05) is 56.5 Å². The number of aryl methyl sites for hydroxylation is 1. The highest BCUT2D eigenvalue weighted by molar-refractivity contribution is 7.14. The minimum Gasteiger partial charge on any atom is -0.144 e. The van der Waals surface area contributed by atoms with Gasteiger partial charge in [0.1, 0.15) is 0 Å². The molecule has 2 aromatic heterocycles. The molecule has 22 heavy (non-hydrogen) atoms. The summed E-state index contributed by atoms with van der Waals surface area (Å²) in [5, 5.41) is 4.37. The van der Waals surface area contributed by atoms with Crippen molar-refractivity contribution in [3.63, 3.8) is 0 Å². The third-order valence-electron chi connectivity index (χ3n) is 4.00. The molecule has 0 nitrogen and oxygen atoms in total. The van der Waals surface area contributed by atoms with E-state index in [9.17, 15) is 0 Å². The maximum atomic E-state index is 2.30. The molecule has 0 fully saturated rings. The third kappa shape index (κ3) is 3.68. The summed E-state index contributed by atoms with van der Waals surface area (Å²) < 4.78 is 0. The molecule has 3 rings (SSSR count). The molecule has 0 aliphatic rings. The van der Waals surface area contributed by atoms with Gasteiger partial charge >= 0.3 is 0 Å². The molecule has 2 heterocycles. The summed E-state index contributed by atoms with van der Waals surface area (Å²) in [7, 11) is 0. The smallest absolute Gasteiger partial charge is 0.0374 e. The molecular formula is C20H22S2. The molecule has 0 saturated heterocycles. The predicted molar refractivity (Wildman–Crippen MR) is 101 cm³/mol. The Labute approximate surface area is 141 Å². The first-order valence-electron chi connectivity index (χ1n) is 8.09. The minimum absolute atomic E-state index is 1.21. The lowest BCUT2D eigenvalue weighted by molar-refractivity contribution is 0.668. The van der Waals surface area contributed by atoms with Gasteiger partial charge in [0.25, 0.3) is 0 Å². The molecule has 0 unspecified atom stereocenters. The SMILES string of the molecule is CCCCCCc1ccsc1-c1ccc(-c2cccs2)cc1. The third-order valence-corrected chi connectivity index (χ3v) is 5.92. The quantitative estimate of drug-likeness (QED) is 0.401. The summed E-state index contributed by atoms with van der Waals surface area (Å²) in [4.78, 5) is 2.80. The van der Waals surface area contributed by atoms with E-state index in [1.807, 2.05) is 11.3 Å². The van der Waals surface area contributed by atoms with Crippen LogP contribution in [0.25, 0.3) is 20.9 Å². The molecule has 0 amide bonds. The normalized spacial score (nSPS) is 11.0. The zero-order valence-electron chi connectivity index (χ0n) is 13.0. The molecular weight excluding hydrogens is 304 g/mol. The Kier molecular flexibility index (Phi) is 5.47. The van der Waals surface area contributed by atoms with Gasteiger partial charge in [0.05, 0.1) is 0 Å². The highest BCUT2D eigenvalue weighted by Crippen LogP contribution is 2.33. The van der Waals surface area contributed by atoms with Crippen molar-refractivity contribution in [3.8, 4) is 20.9 Å². The Morgan fingerprint density at radius 1 is 0.773 bits per heavy atom. The molecule has 0 atom stereocenters. The zero-order chi connectivity index (χ0) is 15.2. The van der Waals surface area contributed by atoms with Crippen molar-refractivity contribution in [1.29, 1.82) is 0 Å². The van der Waals surface area contributed by atoms with Crippen molar-refractivity contribution >= 4 is 22.7 Å². The van der Waals surface area contributed by atoms with Crippen LogP contribution in [-0.2, 0) is 6.42 Å². The van der Waals surface area contributed by atoms with Crippen molar-refractivity contribution < 1.29 is 0 Å². The Hall–Kier alpha value is -1.38. The fraction of sp³-hybridized carbons (Fsp3) is 0.300. The van der Waals surface area contributed by atoms with Crippen LogP contribution in [0.3, 0.4) is 0 Å². The molecule has 1 aromatic carbocycles. The van der Waals surface area contributed by atoms with Gasteiger partial charge in [-0.3, -0.25) is 0 Å². The highest BCUT2D eigenvalue weighted by atomic mass is 32.1. The summed E-state index contributed by atoms with van der Waals surface area (Å²) in [6.45, 7) is 2.27. The molecule has 0 bridgehead atoms. The highest BCUT2D eigenvalue weighted by Gasteiger charge is 2.07. The van der Waals surface area contributed by atoms with Crippen molar-refractivity contribution in [2.24, 2.45) is 0 Å². The Morgan fingerprint density at radius 2 is 1.59 bits per heavy atom.